The Bertz CT molecular complexity index is 504. The molecule has 1 nitrogen and oxygen atoms in total. The third-order valence-corrected chi connectivity index (χ3v) is 2.09. The van der Waals surface area contributed by atoms with Crippen molar-refractivity contribution in [1.82, 2.24) is 0 Å². The van der Waals surface area contributed by atoms with Gasteiger partial charge in [0.05, 0.1) is 0 Å². The summed E-state index contributed by atoms with van der Waals surface area (Å²) in [4.78, 5) is 4.27. The number of hydrogen-bond acceptors (Lipinski definition) is 0. The monoisotopic (exact) mass is 194 g/mol. The number of rotatable bonds is 0. The summed E-state index contributed by atoms with van der Waals surface area (Å²) in [5.41, 5.74) is 3.17. The van der Waals surface area contributed by atoms with Crippen molar-refractivity contribution >= 4 is 5.69 Å². The molecule has 0 amide bonds. The van der Waals surface area contributed by atoms with Crippen molar-refractivity contribution in [2.24, 2.45) is 0 Å². The first-order chi connectivity index (χ1) is 7.34. The van der Waals surface area contributed by atoms with Gasteiger partial charge in [0.15, 0.2) is 0 Å². The lowest BCUT2D eigenvalue weighted by molar-refractivity contribution is 1.45. The van der Waals surface area contributed by atoms with E-state index < -0.39 is 0 Å². The van der Waals surface area contributed by atoms with Crippen LogP contribution in [0.1, 0.15) is 11.1 Å². The summed E-state index contributed by atoms with van der Waals surface area (Å²) < 4.78 is 0. The zero-order valence-electron chi connectivity index (χ0n) is 8.64. The molecule has 0 aliphatic rings. The van der Waals surface area contributed by atoms with Gasteiger partial charge in [-0.05, 0) is 29.5 Å². The van der Waals surface area contributed by atoms with Crippen molar-refractivity contribution in [2.75, 3.05) is 0 Å². The van der Waals surface area contributed by atoms with Crippen molar-refractivity contribution in [3.63, 3.8) is 0 Å². The molecule has 2 aromatic rings. The molecule has 2 aromatic carbocycles. The summed E-state index contributed by atoms with van der Waals surface area (Å²) in [6, 6.07) is 21.0. The number of benzene rings is 2. The lowest BCUT2D eigenvalue weighted by Gasteiger charge is -1.87. The minimum absolute atomic E-state index is 0.930. The normalized spacial score (nSPS) is 9.13. The first-order valence-corrected chi connectivity index (χ1v) is 4.93. The molecule has 0 heterocycles. The highest BCUT2D eigenvalue weighted by Gasteiger charge is 1.98. The predicted octanol–water partition coefficient (Wildman–Crippen LogP) is 4.01. The number of nitrogens with zero attached hydrogens (tertiary/aromatic N) is 1. The molecule has 0 aliphatic heterocycles. The second kappa shape index (κ2) is 4.43. The average Bonchev–Trinajstić information content (AvgIpc) is 2.28. The van der Waals surface area contributed by atoms with Crippen LogP contribution < -0.4 is 0 Å². The van der Waals surface area contributed by atoms with Crippen LogP contribution in [0.5, 0.6) is 0 Å². The average molecular weight is 194 g/mol. The van der Waals surface area contributed by atoms with Crippen LogP contribution in [-0.2, 0) is 0 Å². The Morgan fingerprint density at radius 3 is 2.47 bits per heavy atom. The second-order valence-corrected chi connectivity index (χ2v) is 3.43. The summed E-state index contributed by atoms with van der Waals surface area (Å²) in [6.07, 6.45) is 0. The minimum Gasteiger partial charge on any atom is -0.0617 e. The molecule has 2 rings (SSSR count). The van der Waals surface area contributed by atoms with E-state index >= 15 is 0 Å². The van der Waals surface area contributed by atoms with Gasteiger partial charge >= 0.3 is 11.8 Å². The molecule has 0 aliphatic carbocycles. The van der Waals surface area contributed by atoms with Crippen molar-refractivity contribution in [3.8, 4) is 6.07 Å². The molecular weight excluding hydrogens is 182 g/mol. The zero-order chi connectivity index (χ0) is 10.5. The Labute approximate surface area is 89.8 Å². The number of aryl methyl sites for hydroxylation is 1. The van der Waals surface area contributed by atoms with Crippen molar-refractivity contribution in [1.29, 1.82) is 0 Å². The van der Waals surface area contributed by atoms with Gasteiger partial charge in [0.1, 0.15) is 5.56 Å². The molecule has 0 fully saturated rings. The van der Waals surface area contributed by atoms with E-state index in [1.807, 2.05) is 42.5 Å². The van der Waals surface area contributed by atoms with Crippen LogP contribution >= 0.6 is 0 Å². The number of hydrogen-bond donors (Lipinski definition) is 0. The van der Waals surface area contributed by atoms with E-state index in [9.17, 15) is 0 Å². The highest BCUT2D eigenvalue weighted by molar-refractivity contribution is 5.48. The van der Waals surface area contributed by atoms with Crippen LogP contribution in [0.15, 0.2) is 54.6 Å². The minimum atomic E-state index is 0.930. The first-order valence-electron chi connectivity index (χ1n) is 4.93. The Kier molecular flexibility index (Phi) is 2.80. The molecule has 0 unspecified atom stereocenters. The smallest absolute Gasteiger partial charge is 0.0617 e. The van der Waals surface area contributed by atoms with Gasteiger partial charge in [-0.1, -0.05) is 30.3 Å². The Morgan fingerprint density at radius 2 is 1.73 bits per heavy atom. The topological polar surface area (TPSA) is 4.36 Å². The van der Waals surface area contributed by atoms with Crippen LogP contribution in [0.2, 0.25) is 0 Å². The quantitative estimate of drug-likeness (QED) is 0.597. The van der Waals surface area contributed by atoms with Crippen molar-refractivity contribution < 1.29 is 0 Å². The summed E-state index contributed by atoms with van der Waals surface area (Å²) in [7, 11) is 0. The molecule has 0 saturated carbocycles. The van der Waals surface area contributed by atoms with E-state index in [1.165, 1.54) is 5.56 Å². The third-order valence-electron chi connectivity index (χ3n) is 2.09. The molecule has 72 valence electrons. The molecule has 0 spiro atoms. The van der Waals surface area contributed by atoms with E-state index in [2.05, 4.69) is 30.0 Å². The highest BCUT2D eigenvalue weighted by atomic mass is 14.6. The van der Waals surface area contributed by atoms with E-state index in [0.29, 0.717) is 0 Å². The standard InChI is InChI=1S/C14H12N/c1-12-6-5-7-13(10-12)11-15-14-8-3-2-4-9-14/h2-10H,1H3/q+1. The largest absolute Gasteiger partial charge is 0.340 e. The molecule has 0 atom stereocenters. The molecule has 0 aromatic heterocycles. The Balaban J connectivity index is 2.26. The molecule has 0 saturated heterocycles. The summed E-state index contributed by atoms with van der Waals surface area (Å²) in [5.74, 6) is 0. The van der Waals surface area contributed by atoms with Crippen LogP contribution in [-0.4, -0.2) is 0 Å². The maximum absolute atomic E-state index is 4.27. The fraction of sp³-hybridized carbons (Fsp3) is 0.0714. The fourth-order valence-corrected chi connectivity index (χ4v) is 1.35. The van der Waals surface area contributed by atoms with Gasteiger partial charge in [0, 0.05) is 12.1 Å². The Hall–Kier alpha value is -2.07. The molecule has 0 N–H and O–H groups in total. The molecule has 0 bridgehead atoms. The van der Waals surface area contributed by atoms with Crippen LogP contribution in [0.3, 0.4) is 0 Å². The van der Waals surface area contributed by atoms with Gasteiger partial charge in [-0.25, -0.2) is 0 Å². The van der Waals surface area contributed by atoms with Gasteiger partial charge in [0.2, 0.25) is 0 Å². The van der Waals surface area contributed by atoms with E-state index in [-0.39, 0.29) is 0 Å². The van der Waals surface area contributed by atoms with Gasteiger partial charge < -0.3 is 0 Å². The second-order valence-electron chi connectivity index (χ2n) is 3.43. The van der Waals surface area contributed by atoms with Crippen LogP contribution in [0.25, 0.3) is 4.85 Å². The first kappa shape index (κ1) is 9.48. The third kappa shape index (κ3) is 2.69. The highest BCUT2D eigenvalue weighted by Crippen LogP contribution is 2.10. The molecule has 1 heteroatoms. The lowest BCUT2D eigenvalue weighted by atomic mass is 10.2. The molecular formula is C14H12N+. The van der Waals surface area contributed by atoms with Gasteiger partial charge in [-0.2, -0.15) is 0 Å². The SMILES string of the molecule is Cc1cccc(C#[N+]c2ccccc2)c1. The number of para-hydroxylation sites is 1. The zero-order valence-corrected chi connectivity index (χ0v) is 8.64. The van der Waals surface area contributed by atoms with Crippen molar-refractivity contribution in [2.45, 2.75) is 6.92 Å². The lowest BCUT2D eigenvalue weighted by Crippen LogP contribution is -1.74. The van der Waals surface area contributed by atoms with Crippen molar-refractivity contribution in [3.05, 3.63) is 70.6 Å². The summed E-state index contributed by atoms with van der Waals surface area (Å²) in [5, 5.41) is 0. The van der Waals surface area contributed by atoms with E-state index in [1.54, 1.807) is 0 Å². The van der Waals surface area contributed by atoms with Crippen LogP contribution in [0, 0.1) is 13.0 Å². The van der Waals surface area contributed by atoms with Gasteiger partial charge in [-0.15, -0.1) is 0 Å². The van der Waals surface area contributed by atoms with Crippen LogP contribution in [0.4, 0.5) is 5.69 Å². The van der Waals surface area contributed by atoms with E-state index in [0.717, 1.165) is 11.3 Å². The maximum Gasteiger partial charge on any atom is 0.340 e. The molecule has 0 radical (unpaired) electrons. The Morgan fingerprint density at radius 1 is 0.933 bits per heavy atom. The summed E-state index contributed by atoms with van der Waals surface area (Å²) in [6.45, 7) is 2.06. The molecule has 15 heavy (non-hydrogen) atoms. The predicted molar refractivity (Wildman–Crippen MR) is 63.6 cm³/mol. The fourth-order valence-electron chi connectivity index (χ4n) is 1.35. The maximum atomic E-state index is 4.27. The van der Waals surface area contributed by atoms with Gasteiger partial charge in [-0.3, -0.25) is 0 Å². The van der Waals surface area contributed by atoms with Gasteiger partial charge in [0.25, 0.3) is 0 Å². The van der Waals surface area contributed by atoms with E-state index in [4.69, 9.17) is 0 Å². The summed E-state index contributed by atoms with van der Waals surface area (Å²) >= 11 is 0.